The van der Waals surface area contributed by atoms with Gasteiger partial charge in [-0.25, -0.2) is 0 Å². The van der Waals surface area contributed by atoms with Crippen molar-refractivity contribution in [1.82, 2.24) is 9.80 Å². The standard InChI is InChI=1S/C24H32N2O4/c1-17-7-3-4-10-20(17)24(14-21(27)25(23(24)29)11-6-12-30-2)15-22(28)26-16-18-8-5-9-19(26)13-18/h3-4,7,10,18-19H,5-6,8-9,11-16H2,1-2H3/t18-,19-,24+/m0/s1. The third kappa shape index (κ3) is 3.66. The fourth-order valence-corrected chi connectivity index (χ4v) is 5.75. The van der Waals surface area contributed by atoms with Gasteiger partial charge in [-0.05, 0) is 49.7 Å². The van der Waals surface area contributed by atoms with Crippen LogP contribution in [0, 0.1) is 12.8 Å². The first-order valence-corrected chi connectivity index (χ1v) is 11.2. The van der Waals surface area contributed by atoms with Crippen LogP contribution in [0.25, 0.3) is 0 Å². The number of hydrogen-bond donors (Lipinski definition) is 0. The SMILES string of the molecule is COCCCN1C(=O)C[C@@](CC(=O)N2C[C@H]3CCC[C@H]2C3)(c2ccccc2C)C1=O. The topological polar surface area (TPSA) is 66.9 Å². The Morgan fingerprint density at radius 3 is 2.77 bits per heavy atom. The van der Waals surface area contributed by atoms with Crippen LogP contribution in [0.1, 0.15) is 56.1 Å². The molecule has 1 aliphatic carbocycles. The van der Waals surface area contributed by atoms with Gasteiger partial charge in [0.2, 0.25) is 17.7 Å². The predicted molar refractivity (Wildman–Crippen MR) is 113 cm³/mol. The van der Waals surface area contributed by atoms with Crippen LogP contribution in [0.15, 0.2) is 24.3 Å². The molecule has 1 saturated carbocycles. The van der Waals surface area contributed by atoms with Crippen LogP contribution in [0.4, 0.5) is 0 Å². The first-order chi connectivity index (χ1) is 14.5. The van der Waals surface area contributed by atoms with Crippen molar-refractivity contribution in [2.75, 3.05) is 26.8 Å². The summed E-state index contributed by atoms with van der Waals surface area (Å²) in [4.78, 5) is 43.4. The lowest BCUT2D eigenvalue weighted by molar-refractivity contribution is -0.143. The lowest BCUT2D eigenvalue weighted by atomic mass is 9.74. The van der Waals surface area contributed by atoms with E-state index >= 15 is 0 Å². The largest absolute Gasteiger partial charge is 0.385 e. The van der Waals surface area contributed by atoms with Crippen molar-refractivity contribution in [2.24, 2.45) is 5.92 Å². The van der Waals surface area contributed by atoms with Gasteiger partial charge in [0.25, 0.3) is 0 Å². The molecule has 2 aliphatic heterocycles. The normalized spacial score (nSPS) is 28.5. The summed E-state index contributed by atoms with van der Waals surface area (Å²) >= 11 is 0. The summed E-state index contributed by atoms with van der Waals surface area (Å²) in [5.74, 6) is 0.196. The maximum Gasteiger partial charge on any atom is 0.240 e. The van der Waals surface area contributed by atoms with Crippen molar-refractivity contribution < 1.29 is 19.1 Å². The molecular weight excluding hydrogens is 380 g/mol. The van der Waals surface area contributed by atoms with Gasteiger partial charge in [-0.1, -0.05) is 30.7 Å². The van der Waals surface area contributed by atoms with E-state index in [1.165, 1.54) is 17.7 Å². The highest BCUT2D eigenvalue weighted by molar-refractivity contribution is 6.11. The molecule has 1 aromatic carbocycles. The minimum absolute atomic E-state index is 0.0209. The van der Waals surface area contributed by atoms with Crippen LogP contribution in [0.2, 0.25) is 0 Å². The summed E-state index contributed by atoms with van der Waals surface area (Å²) in [5.41, 5.74) is 0.668. The number of likely N-dealkylation sites (tertiary alicyclic amines) is 2. The van der Waals surface area contributed by atoms with E-state index in [4.69, 9.17) is 4.74 Å². The van der Waals surface area contributed by atoms with E-state index in [1.54, 1.807) is 7.11 Å². The molecule has 3 amide bonds. The van der Waals surface area contributed by atoms with Crippen LogP contribution in [0.5, 0.6) is 0 Å². The molecule has 3 atom stereocenters. The van der Waals surface area contributed by atoms with E-state index in [0.29, 0.717) is 31.5 Å². The molecular formula is C24H32N2O4. The van der Waals surface area contributed by atoms with E-state index < -0.39 is 5.41 Å². The van der Waals surface area contributed by atoms with E-state index in [0.717, 1.165) is 30.5 Å². The Hall–Kier alpha value is -2.21. The summed E-state index contributed by atoms with van der Waals surface area (Å²) in [6.45, 7) is 3.58. The minimum Gasteiger partial charge on any atom is -0.385 e. The Kier molecular flexibility index (Phi) is 5.96. The molecule has 3 aliphatic rings. The van der Waals surface area contributed by atoms with Crippen LogP contribution in [-0.4, -0.2) is 60.4 Å². The summed E-state index contributed by atoms with van der Waals surface area (Å²) < 4.78 is 5.09. The number of nitrogens with zero attached hydrogens (tertiary/aromatic N) is 2. The first kappa shape index (κ1) is 21.0. The average Bonchev–Trinajstić information content (AvgIpc) is 3.15. The van der Waals surface area contributed by atoms with E-state index in [9.17, 15) is 14.4 Å². The van der Waals surface area contributed by atoms with Gasteiger partial charge in [0.1, 0.15) is 0 Å². The second kappa shape index (κ2) is 8.50. The van der Waals surface area contributed by atoms with Gasteiger partial charge in [-0.2, -0.15) is 0 Å². The number of carbonyl (C=O) groups excluding carboxylic acids is 3. The molecule has 2 saturated heterocycles. The Morgan fingerprint density at radius 1 is 1.23 bits per heavy atom. The summed E-state index contributed by atoms with van der Waals surface area (Å²) in [7, 11) is 1.61. The molecule has 0 spiro atoms. The zero-order chi connectivity index (χ0) is 21.3. The summed E-state index contributed by atoms with van der Waals surface area (Å²) in [5, 5.41) is 0. The molecule has 0 unspecified atom stereocenters. The molecule has 6 heteroatoms. The predicted octanol–water partition coefficient (Wildman–Crippen LogP) is 2.82. The monoisotopic (exact) mass is 412 g/mol. The van der Waals surface area contributed by atoms with Crippen LogP contribution >= 0.6 is 0 Å². The zero-order valence-corrected chi connectivity index (χ0v) is 18.1. The number of hydrogen-bond acceptors (Lipinski definition) is 4. The number of amides is 3. The third-order valence-electron chi connectivity index (χ3n) is 7.22. The van der Waals surface area contributed by atoms with Crippen molar-refractivity contribution in [2.45, 2.75) is 63.3 Å². The number of fused-ring (bicyclic) bond motifs is 2. The Morgan fingerprint density at radius 2 is 2.03 bits per heavy atom. The number of methoxy groups -OCH3 is 1. The highest BCUT2D eigenvalue weighted by Gasteiger charge is 2.55. The highest BCUT2D eigenvalue weighted by Crippen LogP contribution is 2.43. The summed E-state index contributed by atoms with van der Waals surface area (Å²) in [6.07, 6.45) is 5.24. The molecule has 6 nitrogen and oxygen atoms in total. The highest BCUT2D eigenvalue weighted by atomic mass is 16.5. The van der Waals surface area contributed by atoms with Gasteiger partial charge in [0.15, 0.2) is 0 Å². The Bertz CT molecular complexity index is 838. The lowest BCUT2D eigenvalue weighted by Crippen LogP contribution is -2.45. The van der Waals surface area contributed by atoms with Crippen molar-refractivity contribution in [3.8, 4) is 0 Å². The number of carbonyl (C=O) groups is 3. The first-order valence-electron chi connectivity index (χ1n) is 11.2. The number of ether oxygens (including phenoxy) is 1. The van der Waals surface area contributed by atoms with Crippen molar-refractivity contribution in [3.63, 3.8) is 0 Å². The van der Waals surface area contributed by atoms with Crippen LogP contribution < -0.4 is 0 Å². The number of aryl methyl sites for hydroxylation is 1. The Labute approximate surface area is 178 Å². The zero-order valence-electron chi connectivity index (χ0n) is 18.1. The number of rotatable bonds is 7. The number of benzene rings is 1. The van der Waals surface area contributed by atoms with Crippen LogP contribution in [-0.2, 0) is 24.5 Å². The van der Waals surface area contributed by atoms with Crippen molar-refractivity contribution in [3.05, 3.63) is 35.4 Å². The van der Waals surface area contributed by atoms with Gasteiger partial charge in [-0.15, -0.1) is 0 Å². The van der Waals surface area contributed by atoms with Crippen molar-refractivity contribution in [1.29, 1.82) is 0 Å². The Balaban J connectivity index is 1.64. The van der Waals surface area contributed by atoms with Gasteiger partial charge in [0, 0.05) is 45.7 Å². The lowest BCUT2D eigenvalue weighted by Gasteiger charge is -2.32. The molecule has 30 heavy (non-hydrogen) atoms. The second-order valence-corrected chi connectivity index (χ2v) is 9.18. The van der Waals surface area contributed by atoms with Gasteiger partial charge < -0.3 is 9.64 Å². The maximum atomic E-state index is 13.7. The fourth-order valence-electron chi connectivity index (χ4n) is 5.75. The van der Waals surface area contributed by atoms with Gasteiger partial charge >= 0.3 is 0 Å². The second-order valence-electron chi connectivity index (χ2n) is 9.18. The molecule has 2 bridgehead atoms. The molecule has 2 heterocycles. The molecule has 4 rings (SSSR count). The molecule has 1 aromatic rings. The van der Waals surface area contributed by atoms with Gasteiger partial charge in [0.05, 0.1) is 5.41 Å². The van der Waals surface area contributed by atoms with Gasteiger partial charge in [-0.3, -0.25) is 19.3 Å². The smallest absolute Gasteiger partial charge is 0.240 e. The van der Waals surface area contributed by atoms with E-state index in [2.05, 4.69) is 0 Å². The number of imide groups is 1. The van der Waals surface area contributed by atoms with Crippen molar-refractivity contribution >= 4 is 17.7 Å². The quantitative estimate of drug-likeness (QED) is 0.510. The molecule has 162 valence electrons. The molecule has 3 fully saturated rings. The minimum atomic E-state index is -1.09. The fraction of sp³-hybridized carbons (Fsp3) is 0.625. The van der Waals surface area contributed by atoms with E-state index in [1.807, 2.05) is 36.1 Å². The maximum absolute atomic E-state index is 13.7. The summed E-state index contributed by atoms with van der Waals surface area (Å²) in [6, 6.07) is 7.98. The molecule has 0 aromatic heterocycles. The molecule has 0 N–H and O–H groups in total. The third-order valence-corrected chi connectivity index (χ3v) is 7.22. The molecule has 0 radical (unpaired) electrons. The van der Waals surface area contributed by atoms with Crippen LogP contribution in [0.3, 0.4) is 0 Å². The average molecular weight is 413 g/mol. The van der Waals surface area contributed by atoms with E-state index in [-0.39, 0.29) is 30.6 Å².